The van der Waals surface area contributed by atoms with E-state index in [4.69, 9.17) is 19.9 Å². The first kappa shape index (κ1) is 29.4. The number of carbonyl (C=O) groups is 3. The minimum Gasteiger partial charge on any atom is -0.492 e. The summed E-state index contributed by atoms with van der Waals surface area (Å²) >= 11 is 0. The number of nitriles is 1. The van der Waals surface area contributed by atoms with Crippen molar-refractivity contribution in [1.29, 1.82) is 5.26 Å². The first-order valence-electron chi connectivity index (χ1n) is 13.0. The third kappa shape index (κ3) is 5.95. The van der Waals surface area contributed by atoms with Crippen molar-refractivity contribution in [2.45, 2.75) is 12.8 Å². The van der Waals surface area contributed by atoms with E-state index in [0.29, 0.717) is 11.3 Å². The van der Waals surface area contributed by atoms with Crippen LogP contribution in [0, 0.1) is 18.3 Å². The zero-order chi connectivity index (χ0) is 30.2. The minimum atomic E-state index is -1.02. The third-order valence-corrected chi connectivity index (χ3v) is 6.68. The Kier molecular flexibility index (Phi) is 9.24. The number of nitrogens with two attached hydrogens (primary N) is 1. The van der Waals surface area contributed by atoms with Gasteiger partial charge in [-0.2, -0.15) is 5.26 Å². The van der Waals surface area contributed by atoms with Gasteiger partial charge in [-0.1, -0.05) is 60.2 Å². The van der Waals surface area contributed by atoms with E-state index in [0.717, 1.165) is 12.7 Å². The Morgan fingerprint density at radius 3 is 2.21 bits per heavy atom. The number of aryl methyl sites for hydroxylation is 1. The largest absolute Gasteiger partial charge is 0.492 e. The number of nitrogens with one attached hydrogen (secondary N) is 1. The molecule has 4 rings (SSSR count). The van der Waals surface area contributed by atoms with Crippen molar-refractivity contribution in [2.24, 2.45) is 5.73 Å². The van der Waals surface area contributed by atoms with Gasteiger partial charge in [0.05, 0.1) is 55.1 Å². The Bertz CT molecular complexity index is 1590. The van der Waals surface area contributed by atoms with Crippen LogP contribution in [-0.4, -0.2) is 45.2 Å². The summed E-state index contributed by atoms with van der Waals surface area (Å²) in [5.41, 5.74) is 8.10. The summed E-state index contributed by atoms with van der Waals surface area (Å²) in [6.45, 7) is 2.36. The molecule has 10 nitrogen and oxygen atoms in total. The van der Waals surface area contributed by atoms with Crippen molar-refractivity contribution in [3.05, 3.63) is 118 Å². The first-order chi connectivity index (χ1) is 20.3. The fourth-order valence-electron chi connectivity index (χ4n) is 4.69. The Labute approximate surface area is 243 Å². The summed E-state index contributed by atoms with van der Waals surface area (Å²) in [7, 11) is 2.33. The molecule has 0 bridgehead atoms. The average molecular weight is 567 g/mol. The Balaban J connectivity index is 1.76. The molecule has 1 amide bonds. The quantitative estimate of drug-likeness (QED) is 0.293. The van der Waals surface area contributed by atoms with Crippen LogP contribution in [0.15, 0.2) is 102 Å². The summed E-state index contributed by atoms with van der Waals surface area (Å²) in [4.78, 5) is 41.2. The van der Waals surface area contributed by atoms with Gasteiger partial charge in [-0.3, -0.25) is 9.69 Å². The predicted molar refractivity (Wildman–Crippen MR) is 155 cm³/mol. The van der Waals surface area contributed by atoms with Crippen LogP contribution in [0.2, 0.25) is 0 Å². The molecular weight excluding hydrogens is 536 g/mol. The maximum atomic E-state index is 13.4. The van der Waals surface area contributed by atoms with Gasteiger partial charge < -0.3 is 25.3 Å². The van der Waals surface area contributed by atoms with E-state index >= 15 is 0 Å². The Hall–Kier alpha value is -5.56. The standard InChI is InChI=1S/C32H30N4O6/c1-20-13-15-22(16-14-20)42-18-17-35-30(37)23-11-7-8-12-25(23)36-28(32(39)41-3)27(31(38)40-2)26(24(19-33)29(36)34)21-9-5-4-6-10-21/h4-16,26H,17-18,34H2,1-3H3,(H,35,37). The molecule has 0 radical (unpaired) electrons. The van der Waals surface area contributed by atoms with Gasteiger partial charge in [0.25, 0.3) is 5.91 Å². The fourth-order valence-corrected chi connectivity index (χ4v) is 4.69. The molecule has 1 unspecified atom stereocenters. The molecule has 214 valence electrons. The molecule has 3 aromatic carbocycles. The van der Waals surface area contributed by atoms with Crippen molar-refractivity contribution >= 4 is 23.5 Å². The highest BCUT2D eigenvalue weighted by atomic mass is 16.5. The van der Waals surface area contributed by atoms with Crippen LogP contribution in [-0.2, 0) is 19.1 Å². The number of methoxy groups -OCH3 is 2. The van der Waals surface area contributed by atoms with Crippen LogP contribution in [0.5, 0.6) is 5.75 Å². The number of carbonyl (C=O) groups excluding carboxylic acids is 3. The molecular formula is C32H30N4O6. The number of anilines is 1. The van der Waals surface area contributed by atoms with Crippen LogP contribution < -0.4 is 20.7 Å². The van der Waals surface area contributed by atoms with E-state index in [1.807, 2.05) is 31.2 Å². The van der Waals surface area contributed by atoms with Crippen LogP contribution in [0.4, 0.5) is 5.69 Å². The summed E-state index contributed by atoms with van der Waals surface area (Å²) < 4.78 is 15.8. The molecule has 1 heterocycles. The number of hydrogen-bond donors (Lipinski definition) is 2. The van der Waals surface area contributed by atoms with E-state index in [1.54, 1.807) is 54.6 Å². The zero-order valence-electron chi connectivity index (χ0n) is 23.4. The number of rotatable bonds is 9. The third-order valence-electron chi connectivity index (χ3n) is 6.68. The molecule has 1 aliphatic rings. The summed E-state index contributed by atoms with van der Waals surface area (Å²) in [6.07, 6.45) is 0. The average Bonchev–Trinajstić information content (AvgIpc) is 3.02. The second kappa shape index (κ2) is 13.2. The molecule has 0 aliphatic carbocycles. The lowest BCUT2D eigenvalue weighted by atomic mass is 9.80. The van der Waals surface area contributed by atoms with Crippen molar-refractivity contribution in [2.75, 3.05) is 32.3 Å². The van der Waals surface area contributed by atoms with E-state index in [1.165, 1.54) is 12.0 Å². The lowest BCUT2D eigenvalue weighted by Gasteiger charge is -2.36. The van der Waals surface area contributed by atoms with E-state index in [2.05, 4.69) is 11.4 Å². The van der Waals surface area contributed by atoms with Crippen molar-refractivity contribution < 1.29 is 28.6 Å². The monoisotopic (exact) mass is 566 g/mol. The molecule has 0 saturated carbocycles. The van der Waals surface area contributed by atoms with Crippen molar-refractivity contribution in [1.82, 2.24) is 5.32 Å². The van der Waals surface area contributed by atoms with Gasteiger partial charge in [0.15, 0.2) is 0 Å². The number of ether oxygens (including phenoxy) is 3. The Morgan fingerprint density at radius 1 is 0.929 bits per heavy atom. The second-order valence-corrected chi connectivity index (χ2v) is 9.27. The van der Waals surface area contributed by atoms with E-state index in [9.17, 15) is 19.6 Å². The lowest BCUT2D eigenvalue weighted by molar-refractivity contribution is -0.139. The topological polar surface area (TPSA) is 144 Å². The van der Waals surface area contributed by atoms with Crippen molar-refractivity contribution in [3.8, 4) is 11.8 Å². The molecule has 0 fully saturated rings. The highest BCUT2D eigenvalue weighted by molar-refractivity contribution is 6.08. The number of benzene rings is 3. The van der Waals surface area contributed by atoms with Gasteiger partial charge in [0.1, 0.15) is 23.9 Å². The molecule has 1 atom stereocenters. The minimum absolute atomic E-state index is 0.00374. The highest BCUT2D eigenvalue weighted by Gasteiger charge is 2.43. The summed E-state index contributed by atoms with van der Waals surface area (Å²) in [6, 6.07) is 24.7. The number of para-hydroxylation sites is 1. The first-order valence-corrected chi connectivity index (χ1v) is 13.0. The smallest absolute Gasteiger partial charge is 0.355 e. The normalized spacial score (nSPS) is 14.6. The van der Waals surface area contributed by atoms with Crippen LogP contribution in [0.1, 0.15) is 27.4 Å². The molecule has 0 spiro atoms. The number of allylic oxidation sites excluding steroid dienone is 1. The number of hydrogen-bond acceptors (Lipinski definition) is 9. The molecule has 0 aromatic heterocycles. The lowest BCUT2D eigenvalue weighted by Crippen LogP contribution is -2.41. The van der Waals surface area contributed by atoms with Gasteiger partial charge in [0, 0.05) is 0 Å². The second-order valence-electron chi connectivity index (χ2n) is 9.27. The van der Waals surface area contributed by atoms with Crippen LogP contribution >= 0.6 is 0 Å². The molecule has 42 heavy (non-hydrogen) atoms. The SMILES string of the molecule is COC(=O)C1=C(C(=O)OC)N(c2ccccc2C(=O)NCCOc2ccc(C)cc2)C(N)=C(C#N)C1c1ccccc1. The summed E-state index contributed by atoms with van der Waals surface area (Å²) in [5.74, 6) is -2.74. The number of esters is 2. The molecule has 0 saturated heterocycles. The molecule has 3 aromatic rings. The number of amides is 1. The van der Waals surface area contributed by atoms with Gasteiger partial charge in [-0.25, -0.2) is 9.59 Å². The molecule has 10 heteroatoms. The molecule has 1 aliphatic heterocycles. The maximum absolute atomic E-state index is 13.4. The highest BCUT2D eigenvalue weighted by Crippen LogP contribution is 2.43. The van der Waals surface area contributed by atoms with Crippen LogP contribution in [0.25, 0.3) is 0 Å². The number of nitrogens with zero attached hydrogens (tertiary/aromatic N) is 2. The van der Waals surface area contributed by atoms with Gasteiger partial charge >= 0.3 is 11.9 Å². The predicted octanol–water partition coefficient (Wildman–Crippen LogP) is 3.70. The van der Waals surface area contributed by atoms with Gasteiger partial charge in [0.2, 0.25) is 0 Å². The van der Waals surface area contributed by atoms with Crippen LogP contribution in [0.3, 0.4) is 0 Å². The summed E-state index contributed by atoms with van der Waals surface area (Å²) in [5, 5.41) is 13.0. The fraction of sp³-hybridized carbons (Fsp3) is 0.188. The van der Waals surface area contributed by atoms with E-state index < -0.39 is 23.8 Å². The van der Waals surface area contributed by atoms with E-state index in [-0.39, 0.29) is 47.1 Å². The van der Waals surface area contributed by atoms with Gasteiger partial charge in [-0.15, -0.1) is 0 Å². The molecule has 3 N–H and O–H groups in total. The van der Waals surface area contributed by atoms with Gasteiger partial charge in [-0.05, 0) is 36.8 Å². The maximum Gasteiger partial charge on any atom is 0.355 e. The Morgan fingerprint density at radius 2 is 1.57 bits per heavy atom. The van der Waals surface area contributed by atoms with Crippen molar-refractivity contribution in [3.63, 3.8) is 0 Å². The zero-order valence-corrected chi connectivity index (χ0v) is 23.4.